The molecule has 60 heavy (non-hydrogen) atoms. The van der Waals surface area contributed by atoms with Crippen LogP contribution in [-0.4, -0.2) is 27.7 Å². The van der Waals surface area contributed by atoms with Crippen molar-refractivity contribution in [3.63, 3.8) is 0 Å². The Hall–Kier alpha value is -7.82. The fourth-order valence-electron chi connectivity index (χ4n) is 8.78. The molecule has 7 aromatic carbocycles. The van der Waals surface area contributed by atoms with Crippen molar-refractivity contribution in [1.29, 1.82) is 0 Å². The highest BCUT2D eigenvalue weighted by molar-refractivity contribution is 6.25. The van der Waals surface area contributed by atoms with Gasteiger partial charge in [-0.3, -0.25) is 19.9 Å². The highest BCUT2D eigenvalue weighted by Gasteiger charge is 2.15. The summed E-state index contributed by atoms with van der Waals surface area (Å²) in [5, 5.41) is 7.60. The summed E-state index contributed by atoms with van der Waals surface area (Å²) in [6.45, 7) is 0.742. The van der Waals surface area contributed by atoms with E-state index in [1.54, 1.807) is 6.20 Å². The Morgan fingerprint density at radius 2 is 0.800 bits per heavy atom. The zero-order valence-electron chi connectivity index (χ0n) is 32.8. The number of aromatic nitrogens is 3. The highest BCUT2D eigenvalue weighted by atomic mass is 14.7. The summed E-state index contributed by atoms with van der Waals surface area (Å²) in [6, 6.07) is 57.7. The number of hydrogen-bond acceptors (Lipinski definition) is 4. The smallest absolute Gasteiger partial charge is 0.0493 e. The number of benzene rings is 7. The van der Waals surface area contributed by atoms with Crippen LogP contribution in [0, 0.1) is 0 Å². The molecule has 0 amide bonds. The molecule has 1 aliphatic heterocycles. The van der Waals surface area contributed by atoms with Gasteiger partial charge in [0.25, 0.3) is 0 Å². The number of allylic oxidation sites excluding steroid dienone is 1. The average Bonchev–Trinajstić information content (AvgIpc) is 3.34. The van der Waals surface area contributed by atoms with Gasteiger partial charge in [-0.25, -0.2) is 0 Å². The third-order valence-electron chi connectivity index (χ3n) is 11.8. The van der Waals surface area contributed by atoms with Gasteiger partial charge in [-0.1, -0.05) is 109 Å². The van der Waals surface area contributed by atoms with Crippen LogP contribution in [0.15, 0.2) is 212 Å². The lowest BCUT2D eigenvalue weighted by Crippen LogP contribution is -2.03. The van der Waals surface area contributed by atoms with Gasteiger partial charge < -0.3 is 0 Å². The molecule has 4 heteroatoms. The van der Waals surface area contributed by atoms with E-state index in [0.29, 0.717) is 0 Å². The molecule has 4 heterocycles. The van der Waals surface area contributed by atoms with E-state index in [1.165, 1.54) is 43.4 Å². The average molecular weight is 767 g/mol. The minimum atomic E-state index is 0.228. The number of dihydropyridines is 1. The molecule has 0 aliphatic carbocycles. The monoisotopic (exact) mass is 766 g/mol. The number of nitrogens with zero attached hydrogens (tertiary/aromatic N) is 4. The first-order valence-corrected chi connectivity index (χ1v) is 20.4. The molecule has 1 atom stereocenters. The summed E-state index contributed by atoms with van der Waals surface area (Å²) in [5.41, 5.74) is 14.5. The lowest BCUT2D eigenvalue weighted by Gasteiger charge is -2.16. The normalized spacial score (nSPS) is 13.6. The minimum absolute atomic E-state index is 0.228. The van der Waals surface area contributed by atoms with Crippen molar-refractivity contribution in [3.8, 4) is 66.8 Å². The molecule has 3 aromatic heterocycles. The Balaban J connectivity index is 1.06. The SMILES string of the molecule is C1=CC(c2cncc(-c3cccc(-c4cc(-c5cccc(-c6cncc(-c7cccnc7)c6)c5)cc(-c5ccc6c7ccccc7c7ccccc7c6c5)c4)c3)c2)CN=C1. The number of hydrogen-bond donors (Lipinski definition) is 0. The standard InChI is InChI=1S/C56H38N4/c1-2-17-53-51(15-1)52-16-3-4-18-54(52)56-30-41(19-20-55(53)56)46-26-44(37-9-5-11-39(23-37)47-28-49(35-59-33-47)42-13-7-21-57-31-42)25-45(27-46)38-10-6-12-40(24-38)48-29-50(36-60-34-48)43-14-8-22-58-32-43/h1-31,33-36,43H,32H2. The number of pyridine rings is 3. The summed E-state index contributed by atoms with van der Waals surface area (Å²) in [6.07, 6.45) is 17.6. The molecule has 11 rings (SSSR count). The van der Waals surface area contributed by atoms with Gasteiger partial charge in [0, 0.05) is 78.1 Å². The third kappa shape index (κ3) is 6.64. The van der Waals surface area contributed by atoms with Crippen molar-refractivity contribution in [3.05, 3.63) is 213 Å². The van der Waals surface area contributed by atoms with E-state index in [-0.39, 0.29) is 5.92 Å². The Morgan fingerprint density at radius 1 is 0.333 bits per heavy atom. The van der Waals surface area contributed by atoms with Gasteiger partial charge in [0.05, 0.1) is 0 Å². The lowest BCUT2D eigenvalue weighted by molar-refractivity contribution is 0.840. The van der Waals surface area contributed by atoms with E-state index < -0.39 is 0 Å². The molecule has 1 aliphatic rings. The number of fused-ring (bicyclic) bond motifs is 6. The molecule has 10 aromatic rings. The molecule has 0 fully saturated rings. The van der Waals surface area contributed by atoms with E-state index in [2.05, 4.69) is 178 Å². The lowest BCUT2D eigenvalue weighted by atomic mass is 9.89. The summed E-state index contributed by atoms with van der Waals surface area (Å²) < 4.78 is 0. The molecule has 4 nitrogen and oxygen atoms in total. The Bertz CT molecular complexity index is 3270. The van der Waals surface area contributed by atoms with Crippen molar-refractivity contribution in [2.75, 3.05) is 6.54 Å². The highest BCUT2D eigenvalue weighted by Crippen LogP contribution is 2.40. The Kier molecular flexibility index (Phi) is 8.94. The van der Waals surface area contributed by atoms with Crippen molar-refractivity contribution in [2.24, 2.45) is 4.99 Å². The van der Waals surface area contributed by atoms with Gasteiger partial charge in [-0.05, 0) is 143 Å². The summed E-state index contributed by atoms with van der Waals surface area (Å²) in [5.74, 6) is 0.228. The second-order valence-corrected chi connectivity index (χ2v) is 15.5. The molecule has 0 saturated heterocycles. The quantitative estimate of drug-likeness (QED) is 0.152. The fraction of sp³-hybridized carbons (Fsp3) is 0.0357. The van der Waals surface area contributed by atoms with Gasteiger partial charge >= 0.3 is 0 Å². The third-order valence-corrected chi connectivity index (χ3v) is 11.8. The first-order valence-electron chi connectivity index (χ1n) is 20.4. The second-order valence-electron chi connectivity index (χ2n) is 15.5. The van der Waals surface area contributed by atoms with Crippen LogP contribution in [0.4, 0.5) is 0 Å². The second kappa shape index (κ2) is 15.2. The Morgan fingerprint density at radius 3 is 1.38 bits per heavy atom. The van der Waals surface area contributed by atoms with E-state index >= 15 is 0 Å². The fourth-order valence-corrected chi connectivity index (χ4v) is 8.78. The molecule has 0 radical (unpaired) electrons. The van der Waals surface area contributed by atoms with Crippen LogP contribution in [-0.2, 0) is 0 Å². The van der Waals surface area contributed by atoms with Gasteiger partial charge in [0.2, 0.25) is 0 Å². The van der Waals surface area contributed by atoms with Gasteiger partial charge in [-0.15, -0.1) is 0 Å². The van der Waals surface area contributed by atoms with E-state index in [1.807, 2.05) is 49.3 Å². The molecule has 0 saturated carbocycles. The topological polar surface area (TPSA) is 51.0 Å². The largest absolute Gasteiger partial charge is 0.292 e. The van der Waals surface area contributed by atoms with E-state index in [0.717, 1.165) is 67.7 Å². The van der Waals surface area contributed by atoms with E-state index in [4.69, 9.17) is 0 Å². The van der Waals surface area contributed by atoms with Gasteiger partial charge in [0.1, 0.15) is 0 Å². The number of rotatable bonds is 7. The maximum Gasteiger partial charge on any atom is 0.0493 e. The summed E-state index contributed by atoms with van der Waals surface area (Å²) >= 11 is 0. The molecular weight excluding hydrogens is 729 g/mol. The Labute approximate surface area is 349 Å². The van der Waals surface area contributed by atoms with Crippen molar-refractivity contribution in [1.82, 2.24) is 15.0 Å². The van der Waals surface area contributed by atoms with Crippen molar-refractivity contribution >= 4 is 38.5 Å². The predicted molar refractivity (Wildman–Crippen MR) is 250 cm³/mol. The first-order chi connectivity index (χ1) is 29.7. The molecular formula is C56H38N4. The number of aliphatic imine (C=N–C) groups is 1. The van der Waals surface area contributed by atoms with Crippen LogP contribution < -0.4 is 0 Å². The molecule has 0 bridgehead atoms. The maximum absolute atomic E-state index is 4.67. The van der Waals surface area contributed by atoms with Crippen LogP contribution in [0.1, 0.15) is 11.5 Å². The molecule has 282 valence electrons. The first kappa shape index (κ1) is 35.4. The molecule has 0 spiro atoms. The minimum Gasteiger partial charge on any atom is -0.292 e. The maximum atomic E-state index is 4.67. The summed E-state index contributed by atoms with van der Waals surface area (Å²) in [4.78, 5) is 18.1. The van der Waals surface area contributed by atoms with Crippen LogP contribution in [0.5, 0.6) is 0 Å². The van der Waals surface area contributed by atoms with Gasteiger partial charge in [-0.2, -0.15) is 0 Å². The predicted octanol–water partition coefficient (Wildman–Crippen LogP) is 14.1. The van der Waals surface area contributed by atoms with Crippen molar-refractivity contribution in [2.45, 2.75) is 5.92 Å². The van der Waals surface area contributed by atoms with Crippen LogP contribution in [0.25, 0.3) is 99.1 Å². The van der Waals surface area contributed by atoms with Crippen molar-refractivity contribution < 1.29 is 0 Å². The van der Waals surface area contributed by atoms with Gasteiger partial charge in [0.15, 0.2) is 0 Å². The zero-order chi connectivity index (χ0) is 39.8. The van der Waals surface area contributed by atoms with Crippen LogP contribution in [0.2, 0.25) is 0 Å². The zero-order valence-corrected chi connectivity index (χ0v) is 32.8. The van der Waals surface area contributed by atoms with Crippen LogP contribution in [0.3, 0.4) is 0 Å². The summed E-state index contributed by atoms with van der Waals surface area (Å²) in [7, 11) is 0. The van der Waals surface area contributed by atoms with Crippen LogP contribution >= 0.6 is 0 Å². The molecule has 0 N–H and O–H groups in total. The molecule has 1 unspecified atom stereocenters. The van der Waals surface area contributed by atoms with E-state index in [9.17, 15) is 0 Å².